The Kier molecular flexibility index (Phi) is 5.75. The second-order valence-electron chi connectivity index (χ2n) is 9.34. The number of hydrogen-bond acceptors (Lipinski definition) is 3. The van der Waals surface area contributed by atoms with Gasteiger partial charge in [0.2, 0.25) is 11.8 Å². The molecule has 2 amide bonds. The first-order valence-corrected chi connectivity index (χ1v) is 11.8. The highest BCUT2D eigenvalue weighted by Gasteiger charge is 2.37. The number of rotatable bonds is 5. The third kappa shape index (κ3) is 4.30. The molecule has 0 saturated carbocycles. The molecule has 5 rings (SSSR count). The Balaban J connectivity index is 1.28. The van der Waals surface area contributed by atoms with Gasteiger partial charge in [0.05, 0.1) is 24.7 Å². The number of fused-ring (bicyclic) bond motifs is 1. The van der Waals surface area contributed by atoms with Crippen molar-refractivity contribution in [3.05, 3.63) is 82.7 Å². The first kappa shape index (κ1) is 21.4. The zero-order valence-corrected chi connectivity index (χ0v) is 19.3. The molecule has 6 nitrogen and oxygen atoms in total. The minimum absolute atomic E-state index is 0.0158. The third-order valence-corrected chi connectivity index (χ3v) is 6.89. The molecule has 0 bridgehead atoms. The minimum Gasteiger partial charge on any atom is -0.349 e. The van der Waals surface area contributed by atoms with Crippen molar-refractivity contribution in [2.45, 2.75) is 52.1 Å². The van der Waals surface area contributed by atoms with Crippen molar-refractivity contribution in [2.75, 3.05) is 11.4 Å². The van der Waals surface area contributed by atoms with Crippen LogP contribution in [0.15, 0.2) is 54.7 Å². The number of carbonyl (C=O) groups excluding carboxylic acids is 2. The van der Waals surface area contributed by atoms with Crippen LogP contribution in [0.2, 0.25) is 0 Å². The Morgan fingerprint density at radius 1 is 1.15 bits per heavy atom. The van der Waals surface area contributed by atoms with E-state index in [9.17, 15) is 9.59 Å². The van der Waals surface area contributed by atoms with Crippen molar-refractivity contribution in [3.8, 4) is 0 Å². The van der Waals surface area contributed by atoms with Crippen molar-refractivity contribution in [3.63, 3.8) is 0 Å². The van der Waals surface area contributed by atoms with Crippen LogP contribution in [-0.2, 0) is 22.6 Å². The summed E-state index contributed by atoms with van der Waals surface area (Å²) in [7, 11) is 0. The molecule has 1 aliphatic carbocycles. The third-order valence-electron chi connectivity index (χ3n) is 6.89. The number of anilines is 1. The molecule has 6 heteroatoms. The predicted octanol–water partition coefficient (Wildman–Crippen LogP) is 4.09. The van der Waals surface area contributed by atoms with Crippen molar-refractivity contribution in [2.24, 2.45) is 5.92 Å². The predicted molar refractivity (Wildman–Crippen MR) is 128 cm³/mol. The maximum absolute atomic E-state index is 13.2. The quantitative estimate of drug-likeness (QED) is 0.647. The Hall–Kier alpha value is -3.41. The monoisotopic (exact) mass is 442 g/mol. The molecule has 1 saturated heterocycles. The fourth-order valence-corrected chi connectivity index (χ4v) is 5.18. The molecule has 3 aromatic rings. The maximum atomic E-state index is 13.2. The number of aromatic nitrogens is 2. The second-order valence-corrected chi connectivity index (χ2v) is 9.34. The summed E-state index contributed by atoms with van der Waals surface area (Å²) in [6.07, 6.45) is 5.04. The van der Waals surface area contributed by atoms with Crippen LogP contribution >= 0.6 is 0 Å². The van der Waals surface area contributed by atoms with E-state index in [1.807, 2.05) is 50.4 Å². The summed E-state index contributed by atoms with van der Waals surface area (Å²) < 4.78 is 2.06. The van der Waals surface area contributed by atoms with E-state index < -0.39 is 0 Å². The highest BCUT2D eigenvalue weighted by Crippen LogP contribution is 2.32. The Labute approximate surface area is 194 Å². The minimum atomic E-state index is -0.331. The van der Waals surface area contributed by atoms with E-state index in [1.54, 1.807) is 4.90 Å². The molecule has 2 heterocycles. The molecular formula is C27H30N4O2. The lowest BCUT2D eigenvalue weighted by molar-refractivity contribution is -0.127. The van der Waals surface area contributed by atoms with Gasteiger partial charge in [-0.3, -0.25) is 14.3 Å². The summed E-state index contributed by atoms with van der Waals surface area (Å²) in [5, 5.41) is 7.87. The van der Waals surface area contributed by atoms with Gasteiger partial charge in [0.1, 0.15) is 0 Å². The lowest BCUT2D eigenvalue weighted by Crippen LogP contribution is -2.37. The van der Waals surface area contributed by atoms with E-state index in [2.05, 4.69) is 33.3 Å². The first-order chi connectivity index (χ1) is 16.0. The molecule has 2 aromatic carbocycles. The van der Waals surface area contributed by atoms with Crippen LogP contribution in [0, 0.1) is 19.8 Å². The van der Waals surface area contributed by atoms with Crippen molar-refractivity contribution < 1.29 is 9.59 Å². The fraction of sp³-hybridized carbons (Fsp3) is 0.370. The number of amides is 2. The second kappa shape index (κ2) is 8.85. The van der Waals surface area contributed by atoms with Crippen molar-refractivity contribution in [1.82, 2.24) is 15.1 Å². The van der Waals surface area contributed by atoms with Gasteiger partial charge in [-0.05, 0) is 50.3 Å². The standard InChI is InChI=1S/C27H30N4O2/c1-18-11-12-24(19(2)13-18)30-17-21(14-26(30)32)27(33)29-23-9-6-10-25-22(23)15-28-31(25)16-20-7-4-3-5-8-20/h3-5,7-8,11-13,15,21,23H,6,9-10,14,16-17H2,1-2H3,(H,29,33)/t21-,23+/m1/s1. The van der Waals surface area contributed by atoms with Crippen molar-refractivity contribution >= 4 is 17.5 Å². The van der Waals surface area contributed by atoms with E-state index in [0.717, 1.165) is 48.2 Å². The smallest absolute Gasteiger partial charge is 0.227 e. The van der Waals surface area contributed by atoms with Gasteiger partial charge in [-0.2, -0.15) is 5.10 Å². The van der Waals surface area contributed by atoms with E-state index in [4.69, 9.17) is 0 Å². The molecule has 2 atom stereocenters. The Morgan fingerprint density at radius 2 is 1.97 bits per heavy atom. The number of hydrogen-bond donors (Lipinski definition) is 1. The summed E-state index contributed by atoms with van der Waals surface area (Å²) in [6.45, 7) is 5.22. The number of carbonyl (C=O) groups is 2. The Bertz CT molecular complexity index is 1180. The number of aryl methyl sites for hydroxylation is 2. The van der Waals surface area contributed by atoms with Crippen LogP contribution in [-0.4, -0.2) is 28.1 Å². The van der Waals surface area contributed by atoms with E-state index in [-0.39, 0.29) is 30.2 Å². The van der Waals surface area contributed by atoms with Crippen LogP contribution in [0.1, 0.15) is 53.3 Å². The average Bonchev–Trinajstić information content (AvgIpc) is 3.39. The van der Waals surface area contributed by atoms with Gasteiger partial charge in [0, 0.05) is 29.9 Å². The number of nitrogens with zero attached hydrogens (tertiary/aromatic N) is 3. The molecule has 1 fully saturated rings. The molecule has 1 aromatic heterocycles. The highest BCUT2D eigenvalue weighted by atomic mass is 16.2. The van der Waals surface area contributed by atoms with Crippen LogP contribution in [0.25, 0.3) is 0 Å². The molecule has 0 spiro atoms. The molecule has 33 heavy (non-hydrogen) atoms. The number of nitrogens with one attached hydrogen (secondary N) is 1. The zero-order valence-electron chi connectivity index (χ0n) is 19.3. The van der Waals surface area contributed by atoms with Gasteiger partial charge in [-0.1, -0.05) is 48.0 Å². The van der Waals surface area contributed by atoms with Crippen LogP contribution in [0.3, 0.4) is 0 Å². The topological polar surface area (TPSA) is 67.2 Å². The van der Waals surface area contributed by atoms with Gasteiger partial charge in [0.15, 0.2) is 0 Å². The molecule has 0 unspecified atom stereocenters. The van der Waals surface area contributed by atoms with Crippen LogP contribution in [0.4, 0.5) is 5.69 Å². The van der Waals surface area contributed by atoms with Crippen molar-refractivity contribution in [1.29, 1.82) is 0 Å². The van der Waals surface area contributed by atoms with Gasteiger partial charge in [-0.25, -0.2) is 0 Å². The largest absolute Gasteiger partial charge is 0.349 e. The summed E-state index contributed by atoms with van der Waals surface area (Å²) in [5.41, 5.74) is 6.66. The lowest BCUT2D eigenvalue weighted by Gasteiger charge is -2.25. The molecule has 170 valence electrons. The zero-order chi connectivity index (χ0) is 22.9. The molecule has 0 radical (unpaired) electrons. The average molecular weight is 443 g/mol. The molecular weight excluding hydrogens is 412 g/mol. The normalized spacial score (nSPS) is 20.1. The maximum Gasteiger partial charge on any atom is 0.227 e. The summed E-state index contributed by atoms with van der Waals surface area (Å²) >= 11 is 0. The van der Waals surface area contributed by atoms with Gasteiger partial charge in [0.25, 0.3) is 0 Å². The molecule has 1 N–H and O–H groups in total. The van der Waals surface area contributed by atoms with Gasteiger partial charge >= 0.3 is 0 Å². The number of benzene rings is 2. The highest BCUT2D eigenvalue weighted by molar-refractivity contribution is 6.00. The van der Waals surface area contributed by atoms with E-state index in [1.165, 1.54) is 11.3 Å². The Morgan fingerprint density at radius 3 is 2.76 bits per heavy atom. The summed E-state index contributed by atoms with van der Waals surface area (Å²) in [6, 6.07) is 16.3. The lowest BCUT2D eigenvalue weighted by atomic mass is 9.92. The molecule has 1 aliphatic heterocycles. The SMILES string of the molecule is Cc1ccc(N2C[C@H](C(=O)N[C@H]3CCCc4c3cnn4Cc3ccccc3)CC2=O)c(C)c1. The molecule has 2 aliphatic rings. The van der Waals surface area contributed by atoms with Crippen LogP contribution in [0.5, 0.6) is 0 Å². The van der Waals surface area contributed by atoms with Crippen LogP contribution < -0.4 is 10.2 Å². The summed E-state index contributed by atoms with van der Waals surface area (Å²) in [5.74, 6) is -0.352. The van der Waals surface area contributed by atoms with Gasteiger partial charge < -0.3 is 10.2 Å². The summed E-state index contributed by atoms with van der Waals surface area (Å²) in [4.78, 5) is 27.7. The van der Waals surface area contributed by atoms with E-state index >= 15 is 0 Å². The fourth-order valence-electron chi connectivity index (χ4n) is 5.18. The van der Waals surface area contributed by atoms with E-state index in [0.29, 0.717) is 6.54 Å². The first-order valence-electron chi connectivity index (χ1n) is 11.8. The van der Waals surface area contributed by atoms with Gasteiger partial charge in [-0.15, -0.1) is 0 Å².